The number of hydrogen-bond donors (Lipinski definition) is 1. The van der Waals surface area contributed by atoms with E-state index in [1.165, 1.54) is 5.56 Å². The fraction of sp³-hybridized carbons (Fsp3) is 0.417. The van der Waals surface area contributed by atoms with E-state index in [0.29, 0.717) is 13.2 Å². The van der Waals surface area contributed by atoms with Crippen molar-refractivity contribution in [1.82, 2.24) is 0 Å². The van der Waals surface area contributed by atoms with Gasteiger partial charge in [-0.25, -0.2) is 0 Å². The lowest BCUT2D eigenvalue weighted by atomic mass is 10.2. The third-order valence-electron chi connectivity index (χ3n) is 2.78. The zero-order valence-corrected chi connectivity index (χ0v) is 9.35. The Labute approximate surface area is 95.0 Å². The first-order chi connectivity index (χ1) is 7.66. The summed E-state index contributed by atoms with van der Waals surface area (Å²) >= 11 is 0. The number of carbonyl (C=O) groups is 1. The van der Waals surface area contributed by atoms with Gasteiger partial charge in [0.05, 0.1) is 13.2 Å². The molecule has 0 bridgehead atoms. The lowest BCUT2D eigenvalue weighted by Crippen LogP contribution is -2.48. The molecule has 0 aromatic heterocycles. The summed E-state index contributed by atoms with van der Waals surface area (Å²) in [6, 6.07) is 8.23. The minimum atomic E-state index is -0.491. The van der Waals surface area contributed by atoms with Crippen molar-refractivity contribution in [1.29, 1.82) is 0 Å². The molecule has 4 nitrogen and oxygen atoms in total. The van der Waals surface area contributed by atoms with Gasteiger partial charge in [0.2, 0.25) is 5.91 Å². The lowest BCUT2D eigenvalue weighted by Gasteiger charge is -2.33. The van der Waals surface area contributed by atoms with Gasteiger partial charge < -0.3 is 15.4 Å². The molecule has 0 spiro atoms. The molecule has 1 aliphatic rings. The largest absolute Gasteiger partial charge is 0.367 e. The van der Waals surface area contributed by atoms with E-state index < -0.39 is 12.0 Å². The molecule has 0 aliphatic carbocycles. The number of carbonyl (C=O) groups excluding carboxylic acids is 1. The van der Waals surface area contributed by atoms with Crippen LogP contribution in [-0.2, 0) is 9.53 Å². The van der Waals surface area contributed by atoms with Crippen LogP contribution in [0.15, 0.2) is 24.3 Å². The van der Waals surface area contributed by atoms with Crippen molar-refractivity contribution in [3.63, 3.8) is 0 Å². The van der Waals surface area contributed by atoms with Crippen LogP contribution in [0.3, 0.4) is 0 Å². The molecule has 1 aliphatic heterocycles. The number of morpholine rings is 1. The monoisotopic (exact) mass is 220 g/mol. The topological polar surface area (TPSA) is 55.6 Å². The number of nitrogens with zero attached hydrogens (tertiary/aromatic N) is 1. The second-order valence-corrected chi connectivity index (χ2v) is 4.04. The lowest BCUT2D eigenvalue weighted by molar-refractivity contribution is -0.130. The van der Waals surface area contributed by atoms with E-state index in [-0.39, 0.29) is 0 Å². The summed E-state index contributed by atoms with van der Waals surface area (Å²) in [5, 5.41) is 0. The number of benzene rings is 1. The Morgan fingerprint density at radius 2 is 2.12 bits per heavy atom. The SMILES string of the molecule is Cc1ccc(N2CCOC(C(N)=O)C2)cc1. The van der Waals surface area contributed by atoms with Crippen LogP contribution in [0.2, 0.25) is 0 Å². The average Bonchev–Trinajstić information content (AvgIpc) is 2.30. The van der Waals surface area contributed by atoms with Crippen molar-refractivity contribution in [2.24, 2.45) is 5.73 Å². The summed E-state index contributed by atoms with van der Waals surface area (Å²) in [4.78, 5) is 13.2. The van der Waals surface area contributed by atoms with E-state index in [9.17, 15) is 4.79 Å². The van der Waals surface area contributed by atoms with Gasteiger partial charge in [-0.2, -0.15) is 0 Å². The van der Waals surface area contributed by atoms with Crippen molar-refractivity contribution in [2.75, 3.05) is 24.6 Å². The van der Waals surface area contributed by atoms with Crippen molar-refractivity contribution < 1.29 is 9.53 Å². The van der Waals surface area contributed by atoms with Gasteiger partial charge in [0.15, 0.2) is 6.10 Å². The number of primary amides is 1. The summed E-state index contributed by atoms with van der Waals surface area (Å²) < 4.78 is 5.30. The van der Waals surface area contributed by atoms with E-state index in [4.69, 9.17) is 10.5 Å². The van der Waals surface area contributed by atoms with Crippen LogP contribution in [-0.4, -0.2) is 31.7 Å². The molecule has 1 aromatic rings. The second kappa shape index (κ2) is 4.53. The van der Waals surface area contributed by atoms with Crippen LogP contribution in [0.25, 0.3) is 0 Å². The average molecular weight is 220 g/mol. The molecule has 1 amide bonds. The molecule has 1 saturated heterocycles. The second-order valence-electron chi connectivity index (χ2n) is 4.04. The highest BCUT2D eigenvalue weighted by Gasteiger charge is 2.24. The Morgan fingerprint density at radius 1 is 1.44 bits per heavy atom. The molecule has 1 heterocycles. The quantitative estimate of drug-likeness (QED) is 0.797. The standard InChI is InChI=1S/C12H16N2O2/c1-9-2-4-10(5-3-9)14-6-7-16-11(8-14)12(13)15/h2-5,11H,6-8H2,1H3,(H2,13,15). The number of aryl methyl sites for hydroxylation is 1. The van der Waals surface area contributed by atoms with Crippen molar-refractivity contribution in [3.8, 4) is 0 Å². The predicted octanol–water partition coefficient (Wildman–Crippen LogP) is 0.686. The van der Waals surface area contributed by atoms with E-state index >= 15 is 0 Å². The summed E-state index contributed by atoms with van der Waals surface area (Å²) in [7, 11) is 0. The zero-order chi connectivity index (χ0) is 11.5. The molecule has 0 saturated carbocycles. The molecule has 1 atom stereocenters. The van der Waals surface area contributed by atoms with Crippen molar-refractivity contribution >= 4 is 11.6 Å². The Morgan fingerprint density at radius 3 is 2.75 bits per heavy atom. The zero-order valence-electron chi connectivity index (χ0n) is 9.35. The van der Waals surface area contributed by atoms with Crippen LogP contribution in [0.5, 0.6) is 0 Å². The smallest absolute Gasteiger partial charge is 0.248 e. The fourth-order valence-corrected chi connectivity index (χ4v) is 1.81. The Kier molecular flexibility index (Phi) is 3.10. The molecule has 86 valence electrons. The van der Waals surface area contributed by atoms with Crippen LogP contribution < -0.4 is 10.6 Å². The number of rotatable bonds is 2. The molecule has 1 unspecified atom stereocenters. The highest BCUT2D eigenvalue weighted by Crippen LogP contribution is 2.18. The summed E-state index contributed by atoms with van der Waals surface area (Å²) in [6.45, 7) is 3.93. The molecule has 1 fully saturated rings. The van der Waals surface area contributed by atoms with Gasteiger partial charge in [-0.1, -0.05) is 17.7 Å². The molecule has 2 rings (SSSR count). The van der Waals surface area contributed by atoms with Crippen LogP contribution in [0.1, 0.15) is 5.56 Å². The van der Waals surface area contributed by atoms with Crippen molar-refractivity contribution in [3.05, 3.63) is 29.8 Å². The summed E-state index contributed by atoms with van der Waals surface area (Å²) in [5.74, 6) is -0.392. The van der Waals surface area contributed by atoms with Crippen molar-refractivity contribution in [2.45, 2.75) is 13.0 Å². The van der Waals surface area contributed by atoms with Crippen LogP contribution in [0.4, 0.5) is 5.69 Å². The molecule has 1 aromatic carbocycles. The third-order valence-corrected chi connectivity index (χ3v) is 2.78. The molecule has 0 radical (unpaired) electrons. The number of anilines is 1. The highest BCUT2D eigenvalue weighted by atomic mass is 16.5. The molecular formula is C12H16N2O2. The van der Waals surface area contributed by atoms with Gasteiger partial charge in [0.25, 0.3) is 0 Å². The first kappa shape index (κ1) is 11.0. The maximum atomic E-state index is 11.1. The van der Waals surface area contributed by atoms with E-state index in [1.807, 2.05) is 0 Å². The Balaban J connectivity index is 2.09. The van der Waals surface area contributed by atoms with E-state index in [1.54, 1.807) is 0 Å². The number of hydrogen-bond acceptors (Lipinski definition) is 3. The normalized spacial score (nSPS) is 20.8. The fourth-order valence-electron chi connectivity index (χ4n) is 1.81. The van der Waals surface area contributed by atoms with Gasteiger partial charge in [-0.3, -0.25) is 4.79 Å². The van der Waals surface area contributed by atoms with E-state index in [0.717, 1.165) is 12.2 Å². The molecular weight excluding hydrogens is 204 g/mol. The van der Waals surface area contributed by atoms with Gasteiger partial charge in [-0.05, 0) is 19.1 Å². The van der Waals surface area contributed by atoms with Gasteiger partial charge in [0, 0.05) is 12.2 Å². The summed E-state index contributed by atoms with van der Waals surface area (Å²) in [5.41, 5.74) is 7.58. The molecule has 2 N–H and O–H groups in total. The van der Waals surface area contributed by atoms with Gasteiger partial charge >= 0.3 is 0 Å². The first-order valence-electron chi connectivity index (χ1n) is 5.39. The number of nitrogens with two attached hydrogens (primary N) is 1. The third kappa shape index (κ3) is 2.33. The van der Waals surface area contributed by atoms with E-state index in [2.05, 4.69) is 36.1 Å². The molecule has 4 heteroatoms. The van der Waals surface area contributed by atoms with Gasteiger partial charge in [-0.15, -0.1) is 0 Å². The maximum Gasteiger partial charge on any atom is 0.248 e. The minimum Gasteiger partial charge on any atom is -0.367 e. The number of ether oxygens (including phenoxy) is 1. The number of amides is 1. The predicted molar refractivity (Wildman–Crippen MR) is 62.3 cm³/mol. The minimum absolute atomic E-state index is 0.392. The van der Waals surface area contributed by atoms with Crippen LogP contribution in [0, 0.1) is 6.92 Å². The van der Waals surface area contributed by atoms with Crippen LogP contribution >= 0.6 is 0 Å². The highest BCUT2D eigenvalue weighted by molar-refractivity contribution is 5.79. The summed E-state index contributed by atoms with van der Waals surface area (Å²) in [6.07, 6.45) is -0.491. The Bertz CT molecular complexity index is 375. The Hall–Kier alpha value is -1.55. The molecule has 16 heavy (non-hydrogen) atoms. The maximum absolute atomic E-state index is 11.1. The van der Waals surface area contributed by atoms with Gasteiger partial charge in [0.1, 0.15) is 0 Å². The first-order valence-corrected chi connectivity index (χ1v) is 5.39.